The Kier molecular flexibility index (Phi) is 2.19. The highest BCUT2D eigenvalue weighted by atomic mass is 19.1. The molecule has 1 heterocycles. The second-order valence-electron chi connectivity index (χ2n) is 3.39. The van der Waals surface area contributed by atoms with Gasteiger partial charge in [0.2, 0.25) is 0 Å². The minimum Gasteiger partial charge on any atom is -0.506 e. The molecule has 0 saturated carbocycles. The lowest BCUT2D eigenvalue weighted by Crippen LogP contribution is -1.99. The molecule has 1 N–H and O–H groups in total. The molecule has 0 amide bonds. The Hall–Kier alpha value is -1.84. The number of hydrogen-bond acceptors (Lipinski definition) is 2. The van der Waals surface area contributed by atoms with E-state index in [4.69, 9.17) is 0 Å². The molecule has 0 radical (unpaired) electrons. The minimum absolute atomic E-state index is 0.0862. The molecule has 2 aromatic rings. The Morgan fingerprint density at radius 2 is 1.93 bits per heavy atom. The van der Waals surface area contributed by atoms with Gasteiger partial charge < -0.3 is 5.11 Å². The molecule has 0 unspecified atom stereocenters. The van der Waals surface area contributed by atoms with Crippen LogP contribution in [0, 0.1) is 19.7 Å². The highest BCUT2D eigenvalue weighted by Crippen LogP contribution is 2.23. The number of para-hydroxylation sites is 2. The molecular formula is C11H11FN2O. The quantitative estimate of drug-likeness (QED) is 0.777. The van der Waals surface area contributed by atoms with Crippen LogP contribution in [0.4, 0.5) is 4.39 Å². The van der Waals surface area contributed by atoms with Gasteiger partial charge in [0.25, 0.3) is 0 Å². The van der Waals surface area contributed by atoms with Crippen molar-refractivity contribution in [3.63, 3.8) is 0 Å². The van der Waals surface area contributed by atoms with Crippen LogP contribution in [0.15, 0.2) is 24.3 Å². The zero-order chi connectivity index (χ0) is 11.0. The molecule has 0 bridgehead atoms. The molecule has 0 spiro atoms. The van der Waals surface area contributed by atoms with Crippen molar-refractivity contribution in [1.29, 1.82) is 0 Å². The minimum atomic E-state index is -0.335. The van der Waals surface area contributed by atoms with E-state index in [2.05, 4.69) is 5.10 Å². The van der Waals surface area contributed by atoms with E-state index in [0.29, 0.717) is 17.1 Å². The van der Waals surface area contributed by atoms with Crippen LogP contribution >= 0.6 is 0 Å². The third-order valence-electron chi connectivity index (χ3n) is 2.31. The van der Waals surface area contributed by atoms with Gasteiger partial charge in [-0.1, -0.05) is 12.1 Å². The van der Waals surface area contributed by atoms with Gasteiger partial charge >= 0.3 is 0 Å². The van der Waals surface area contributed by atoms with E-state index in [9.17, 15) is 9.50 Å². The molecule has 3 nitrogen and oxygen atoms in total. The molecule has 2 rings (SSSR count). The van der Waals surface area contributed by atoms with Crippen LogP contribution in [-0.2, 0) is 0 Å². The maximum atomic E-state index is 13.4. The topological polar surface area (TPSA) is 38.0 Å². The lowest BCUT2D eigenvalue weighted by molar-refractivity contribution is 0.469. The molecule has 15 heavy (non-hydrogen) atoms. The lowest BCUT2D eigenvalue weighted by Gasteiger charge is -2.05. The number of phenols is 1. The summed E-state index contributed by atoms with van der Waals surface area (Å²) >= 11 is 0. The normalized spacial score (nSPS) is 10.6. The summed E-state index contributed by atoms with van der Waals surface area (Å²) in [7, 11) is 0. The lowest BCUT2D eigenvalue weighted by atomic mass is 10.3. The van der Waals surface area contributed by atoms with E-state index >= 15 is 0 Å². The second-order valence-corrected chi connectivity index (χ2v) is 3.39. The molecule has 78 valence electrons. The number of nitrogens with zero attached hydrogens (tertiary/aromatic N) is 2. The van der Waals surface area contributed by atoms with Crippen molar-refractivity contribution >= 4 is 0 Å². The van der Waals surface area contributed by atoms with Crippen LogP contribution in [0.1, 0.15) is 11.4 Å². The number of benzene rings is 1. The standard InChI is InChI=1S/C11H11FN2O/c1-7-11(12)8(2)14(13-7)9-5-3-4-6-10(9)15/h3-6,15H,1-2H3. The number of rotatable bonds is 1. The van der Waals surface area contributed by atoms with E-state index in [1.165, 1.54) is 4.68 Å². The molecule has 0 aliphatic rings. The van der Waals surface area contributed by atoms with Gasteiger partial charge in [-0.15, -0.1) is 0 Å². The van der Waals surface area contributed by atoms with Gasteiger partial charge in [0.05, 0.1) is 11.4 Å². The van der Waals surface area contributed by atoms with Crippen LogP contribution in [0.3, 0.4) is 0 Å². The second kappa shape index (κ2) is 3.38. The summed E-state index contributed by atoms with van der Waals surface area (Å²) < 4.78 is 14.8. The highest BCUT2D eigenvalue weighted by Gasteiger charge is 2.13. The van der Waals surface area contributed by atoms with Gasteiger partial charge in [0.15, 0.2) is 5.82 Å². The molecule has 4 heteroatoms. The molecule has 0 atom stereocenters. The van der Waals surface area contributed by atoms with Gasteiger partial charge in [0, 0.05) is 0 Å². The van der Waals surface area contributed by atoms with Crippen LogP contribution in [0.2, 0.25) is 0 Å². The van der Waals surface area contributed by atoms with Crippen molar-refractivity contribution in [1.82, 2.24) is 9.78 Å². The van der Waals surface area contributed by atoms with E-state index in [1.807, 2.05) is 0 Å². The first-order valence-electron chi connectivity index (χ1n) is 4.61. The molecule has 0 saturated heterocycles. The predicted octanol–water partition coefficient (Wildman–Crippen LogP) is 2.33. The molecule has 1 aromatic carbocycles. The first-order valence-corrected chi connectivity index (χ1v) is 4.61. The Morgan fingerprint density at radius 1 is 1.27 bits per heavy atom. The van der Waals surface area contributed by atoms with Crippen molar-refractivity contribution in [2.24, 2.45) is 0 Å². The smallest absolute Gasteiger partial charge is 0.167 e. The molecule has 0 aliphatic heterocycles. The van der Waals surface area contributed by atoms with Crippen LogP contribution in [0.25, 0.3) is 5.69 Å². The van der Waals surface area contributed by atoms with Crippen molar-refractivity contribution in [3.05, 3.63) is 41.5 Å². The Morgan fingerprint density at radius 3 is 2.47 bits per heavy atom. The van der Waals surface area contributed by atoms with E-state index in [1.54, 1.807) is 38.1 Å². The highest BCUT2D eigenvalue weighted by molar-refractivity contribution is 5.46. The molecule has 0 fully saturated rings. The summed E-state index contributed by atoms with van der Waals surface area (Å²) in [6, 6.07) is 6.71. The van der Waals surface area contributed by atoms with Crippen molar-refractivity contribution in [2.75, 3.05) is 0 Å². The van der Waals surface area contributed by atoms with E-state index < -0.39 is 0 Å². The number of aryl methyl sites for hydroxylation is 1. The Labute approximate surface area is 86.8 Å². The fourth-order valence-electron chi connectivity index (χ4n) is 1.50. The maximum absolute atomic E-state index is 13.4. The third kappa shape index (κ3) is 1.48. The number of aromatic nitrogens is 2. The number of phenolic OH excluding ortho intramolecular Hbond substituents is 1. The molecule has 1 aromatic heterocycles. The first kappa shape index (κ1) is 9.71. The monoisotopic (exact) mass is 206 g/mol. The van der Waals surface area contributed by atoms with Gasteiger partial charge in [-0.2, -0.15) is 5.10 Å². The van der Waals surface area contributed by atoms with Gasteiger partial charge in [-0.25, -0.2) is 9.07 Å². The fourth-order valence-corrected chi connectivity index (χ4v) is 1.50. The number of hydrogen-bond donors (Lipinski definition) is 1. The summed E-state index contributed by atoms with van der Waals surface area (Å²) in [5.74, 6) is -0.249. The average Bonchev–Trinajstić information content (AvgIpc) is 2.47. The van der Waals surface area contributed by atoms with Crippen molar-refractivity contribution in [3.8, 4) is 11.4 Å². The summed E-state index contributed by atoms with van der Waals surface area (Å²) in [5.41, 5.74) is 1.21. The van der Waals surface area contributed by atoms with Gasteiger partial charge in [0.1, 0.15) is 11.4 Å². The van der Waals surface area contributed by atoms with E-state index in [-0.39, 0.29) is 11.6 Å². The molecule has 0 aliphatic carbocycles. The number of halogens is 1. The van der Waals surface area contributed by atoms with Crippen LogP contribution in [0.5, 0.6) is 5.75 Å². The summed E-state index contributed by atoms with van der Waals surface area (Å²) in [6.07, 6.45) is 0. The van der Waals surface area contributed by atoms with Crippen LogP contribution in [-0.4, -0.2) is 14.9 Å². The fraction of sp³-hybridized carbons (Fsp3) is 0.182. The zero-order valence-corrected chi connectivity index (χ0v) is 8.53. The average molecular weight is 206 g/mol. The Bertz CT molecular complexity index is 505. The van der Waals surface area contributed by atoms with Gasteiger partial charge in [-0.05, 0) is 26.0 Å². The Balaban J connectivity index is 2.65. The maximum Gasteiger partial charge on any atom is 0.167 e. The van der Waals surface area contributed by atoms with Gasteiger partial charge in [-0.3, -0.25) is 0 Å². The molecular weight excluding hydrogens is 195 g/mol. The first-order chi connectivity index (χ1) is 7.11. The summed E-state index contributed by atoms with van der Waals surface area (Å²) in [4.78, 5) is 0. The van der Waals surface area contributed by atoms with Crippen LogP contribution < -0.4 is 0 Å². The summed E-state index contributed by atoms with van der Waals surface area (Å²) in [6.45, 7) is 3.22. The van der Waals surface area contributed by atoms with Crippen molar-refractivity contribution < 1.29 is 9.50 Å². The predicted molar refractivity (Wildman–Crippen MR) is 54.7 cm³/mol. The number of aromatic hydroxyl groups is 1. The van der Waals surface area contributed by atoms with E-state index in [0.717, 1.165) is 0 Å². The zero-order valence-electron chi connectivity index (χ0n) is 8.53. The van der Waals surface area contributed by atoms with Crippen molar-refractivity contribution in [2.45, 2.75) is 13.8 Å². The largest absolute Gasteiger partial charge is 0.506 e. The summed E-state index contributed by atoms with van der Waals surface area (Å²) in [5, 5.41) is 13.6. The third-order valence-corrected chi connectivity index (χ3v) is 2.31. The SMILES string of the molecule is Cc1nn(-c2ccccc2O)c(C)c1F.